The van der Waals surface area contributed by atoms with Crippen molar-refractivity contribution in [1.29, 1.82) is 0 Å². The van der Waals surface area contributed by atoms with E-state index in [1.165, 1.54) is 41.8 Å². The van der Waals surface area contributed by atoms with E-state index in [9.17, 15) is 13.2 Å². The highest BCUT2D eigenvalue weighted by atomic mass is 79.9. The molecular weight excluding hydrogens is 426 g/mol. The van der Waals surface area contributed by atoms with Gasteiger partial charge in [-0.2, -0.15) is 0 Å². The molecule has 128 valence electrons. The van der Waals surface area contributed by atoms with Crippen LogP contribution in [-0.2, 0) is 10.0 Å². The molecule has 0 aliphatic heterocycles. The molecule has 0 saturated heterocycles. The molecule has 0 bridgehead atoms. The standard InChI is InChI=1S/C16H12BrN3O3S2/c17-12-3-1-11(2-4-12)15(21)19-13-5-7-14(8-6-13)25(22,23)20-16-18-9-10-24-16/h1-10H,(H,18,20)(H,19,21). The maximum absolute atomic E-state index is 12.3. The lowest BCUT2D eigenvalue weighted by Crippen LogP contribution is -2.14. The van der Waals surface area contributed by atoms with Gasteiger partial charge in [-0.25, -0.2) is 13.4 Å². The van der Waals surface area contributed by atoms with Crippen molar-refractivity contribution in [3.05, 3.63) is 70.1 Å². The lowest BCUT2D eigenvalue weighted by molar-refractivity contribution is 0.102. The number of amides is 1. The molecule has 9 heteroatoms. The number of carbonyl (C=O) groups excluding carboxylic acids is 1. The van der Waals surface area contributed by atoms with Crippen molar-refractivity contribution in [2.75, 3.05) is 10.0 Å². The molecule has 0 radical (unpaired) electrons. The summed E-state index contributed by atoms with van der Waals surface area (Å²) in [5, 5.41) is 4.70. The zero-order chi connectivity index (χ0) is 17.9. The zero-order valence-corrected chi connectivity index (χ0v) is 15.9. The van der Waals surface area contributed by atoms with Crippen molar-refractivity contribution >= 4 is 54.0 Å². The largest absolute Gasteiger partial charge is 0.322 e. The molecule has 3 rings (SSSR count). The predicted octanol–water partition coefficient (Wildman–Crippen LogP) is 3.96. The van der Waals surface area contributed by atoms with E-state index in [-0.39, 0.29) is 10.8 Å². The number of aromatic nitrogens is 1. The van der Waals surface area contributed by atoms with Gasteiger partial charge in [-0.05, 0) is 48.5 Å². The molecule has 0 atom stereocenters. The highest BCUT2D eigenvalue weighted by molar-refractivity contribution is 9.10. The average Bonchev–Trinajstić information content (AvgIpc) is 3.08. The quantitative estimate of drug-likeness (QED) is 0.631. The molecule has 3 aromatic rings. The van der Waals surface area contributed by atoms with Crippen molar-refractivity contribution < 1.29 is 13.2 Å². The Hall–Kier alpha value is -2.23. The molecule has 6 nitrogen and oxygen atoms in total. The highest BCUT2D eigenvalue weighted by Gasteiger charge is 2.15. The zero-order valence-electron chi connectivity index (χ0n) is 12.6. The summed E-state index contributed by atoms with van der Waals surface area (Å²) in [7, 11) is -3.71. The van der Waals surface area contributed by atoms with Crippen molar-refractivity contribution in [2.24, 2.45) is 0 Å². The molecule has 0 aliphatic carbocycles. The molecule has 0 aliphatic rings. The van der Waals surface area contributed by atoms with Gasteiger partial charge in [0.05, 0.1) is 4.90 Å². The number of sulfonamides is 1. The van der Waals surface area contributed by atoms with Crippen LogP contribution in [-0.4, -0.2) is 19.3 Å². The molecule has 25 heavy (non-hydrogen) atoms. The predicted molar refractivity (Wildman–Crippen MR) is 101 cm³/mol. The summed E-state index contributed by atoms with van der Waals surface area (Å²) in [4.78, 5) is 16.1. The fourth-order valence-corrected chi connectivity index (χ4v) is 4.02. The number of anilines is 2. The van der Waals surface area contributed by atoms with Gasteiger partial charge in [0.2, 0.25) is 0 Å². The molecule has 0 spiro atoms. The summed E-state index contributed by atoms with van der Waals surface area (Å²) in [6.07, 6.45) is 1.52. The second kappa shape index (κ2) is 7.34. The van der Waals surface area contributed by atoms with Gasteiger partial charge in [-0.1, -0.05) is 15.9 Å². The average molecular weight is 438 g/mol. The van der Waals surface area contributed by atoms with E-state index < -0.39 is 10.0 Å². The number of thiazole rings is 1. The number of nitrogens with zero attached hydrogens (tertiary/aromatic N) is 1. The van der Waals surface area contributed by atoms with Crippen LogP contribution in [0, 0.1) is 0 Å². The Labute approximate surface area is 157 Å². The van der Waals surface area contributed by atoms with E-state index in [0.717, 1.165) is 4.47 Å². The topological polar surface area (TPSA) is 88.2 Å². The lowest BCUT2D eigenvalue weighted by atomic mass is 10.2. The first-order valence-electron chi connectivity index (χ1n) is 7.03. The van der Waals surface area contributed by atoms with Gasteiger partial charge < -0.3 is 5.32 Å². The Kier molecular flexibility index (Phi) is 5.16. The minimum atomic E-state index is -3.71. The third-order valence-electron chi connectivity index (χ3n) is 3.18. The second-order valence-electron chi connectivity index (χ2n) is 4.93. The smallest absolute Gasteiger partial charge is 0.263 e. The van der Waals surface area contributed by atoms with Crippen LogP contribution in [0.15, 0.2) is 69.5 Å². The maximum Gasteiger partial charge on any atom is 0.263 e. The first-order valence-corrected chi connectivity index (χ1v) is 10.2. The third-order valence-corrected chi connectivity index (χ3v) is 5.88. The van der Waals surface area contributed by atoms with Crippen LogP contribution in [0.4, 0.5) is 10.8 Å². The Morgan fingerprint density at radius 2 is 1.72 bits per heavy atom. The number of rotatable bonds is 5. The first kappa shape index (κ1) is 17.6. The maximum atomic E-state index is 12.3. The van der Waals surface area contributed by atoms with E-state index >= 15 is 0 Å². The number of hydrogen-bond donors (Lipinski definition) is 2. The van der Waals surface area contributed by atoms with Crippen LogP contribution in [0.2, 0.25) is 0 Å². The molecule has 0 saturated carbocycles. The van der Waals surface area contributed by atoms with Gasteiger partial charge in [0.15, 0.2) is 5.13 Å². The molecule has 0 fully saturated rings. The Morgan fingerprint density at radius 1 is 1.04 bits per heavy atom. The summed E-state index contributed by atoms with van der Waals surface area (Å²) in [6, 6.07) is 12.8. The normalized spacial score (nSPS) is 11.1. The van der Waals surface area contributed by atoms with Crippen LogP contribution < -0.4 is 10.0 Å². The van der Waals surface area contributed by atoms with Crippen LogP contribution in [0.3, 0.4) is 0 Å². The second-order valence-corrected chi connectivity index (χ2v) is 8.42. The number of halogens is 1. The van der Waals surface area contributed by atoms with Gasteiger partial charge in [0, 0.05) is 27.3 Å². The monoisotopic (exact) mass is 437 g/mol. The van der Waals surface area contributed by atoms with Crippen LogP contribution >= 0.6 is 27.3 Å². The fraction of sp³-hybridized carbons (Fsp3) is 0. The third kappa shape index (κ3) is 4.44. The number of benzene rings is 2. The SMILES string of the molecule is O=C(Nc1ccc(S(=O)(=O)Nc2nccs2)cc1)c1ccc(Br)cc1. The van der Waals surface area contributed by atoms with E-state index in [2.05, 4.69) is 31.0 Å². The van der Waals surface area contributed by atoms with Gasteiger partial charge in [0.1, 0.15) is 0 Å². The molecule has 2 aromatic carbocycles. The highest BCUT2D eigenvalue weighted by Crippen LogP contribution is 2.20. The summed E-state index contributed by atoms with van der Waals surface area (Å²) < 4.78 is 27.8. The van der Waals surface area contributed by atoms with Gasteiger partial charge in [-0.15, -0.1) is 11.3 Å². The Bertz CT molecular complexity index is 970. The molecule has 2 N–H and O–H groups in total. The van der Waals surface area contributed by atoms with E-state index in [1.807, 2.05) is 0 Å². The van der Waals surface area contributed by atoms with Crippen LogP contribution in [0.5, 0.6) is 0 Å². The Balaban J connectivity index is 1.71. The Morgan fingerprint density at radius 3 is 2.32 bits per heavy atom. The molecule has 1 aromatic heterocycles. The lowest BCUT2D eigenvalue weighted by Gasteiger charge is -2.08. The van der Waals surface area contributed by atoms with E-state index in [0.29, 0.717) is 16.4 Å². The van der Waals surface area contributed by atoms with Gasteiger partial charge in [0.25, 0.3) is 15.9 Å². The van der Waals surface area contributed by atoms with E-state index in [1.54, 1.807) is 29.6 Å². The van der Waals surface area contributed by atoms with Crippen molar-refractivity contribution in [3.63, 3.8) is 0 Å². The molecule has 1 amide bonds. The van der Waals surface area contributed by atoms with Crippen molar-refractivity contribution in [3.8, 4) is 0 Å². The van der Waals surface area contributed by atoms with Crippen LogP contribution in [0.25, 0.3) is 0 Å². The number of carbonyl (C=O) groups is 1. The van der Waals surface area contributed by atoms with Crippen molar-refractivity contribution in [2.45, 2.75) is 4.90 Å². The summed E-state index contributed by atoms with van der Waals surface area (Å²) in [6.45, 7) is 0. The fourth-order valence-electron chi connectivity index (χ4n) is 1.97. The first-order chi connectivity index (χ1) is 11.9. The molecular formula is C16H12BrN3O3S2. The summed E-state index contributed by atoms with van der Waals surface area (Å²) >= 11 is 4.50. The van der Waals surface area contributed by atoms with Gasteiger partial charge >= 0.3 is 0 Å². The molecule has 1 heterocycles. The van der Waals surface area contributed by atoms with Crippen LogP contribution in [0.1, 0.15) is 10.4 Å². The summed E-state index contributed by atoms with van der Waals surface area (Å²) in [5.74, 6) is -0.274. The summed E-state index contributed by atoms with van der Waals surface area (Å²) in [5.41, 5.74) is 1.01. The van der Waals surface area contributed by atoms with Gasteiger partial charge in [-0.3, -0.25) is 9.52 Å². The van der Waals surface area contributed by atoms with Crippen molar-refractivity contribution in [1.82, 2.24) is 4.98 Å². The van der Waals surface area contributed by atoms with E-state index in [4.69, 9.17) is 0 Å². The minimum Gasteiger partial charge on any atom is -0.322 e. The number of nitrogens with one attached hydrogen (secondary N) is 2. The molecule has 0 unspecified atom stereocenters. The minimum absolute atomic E-state index is 0.0874. The number of hydrogen-bond acceptors (Lipinski definition) is 5.